The van der Waals surface area contributed by atoms with Crippen LogP contribution in [0.2, 0.25) is 0 Å². The van der Waals surface area contributed by atoms with Crippen molar-refractivity contribution in [3.63, 3.8) is 0 Å². The van der Waals surface area contributed by atoms with Gasteiger partial charge in [-0.2, -0.15) is 0 Å². The molecule has 0 heterocycles. The third-order valence-electron chi connectivity index (χ3n) is 3.99. The van der Waals surface area contributed by atoms with E-state index in [0.717, 1.165) is 11.8 Å². The lowest BCUT2D eigenvalue weighted by molar-refractivity contribution is -0.247. The van der Waals surface area contributed by atoms with Gasteiger partial charge in [0.05, 0.1) is 13.2 Å². The highest BCUT2D eigenvalue weighted by Gasteiger charge is 2.32. The van der Waals surface area contributed by atoms with Gasteiger partial charge in [-0.1, -0.05) is 27.7 Å². The Hall–Kier alpha value is -0.240. The van der Waals surface area contributed by atoms with Crippen molar-refractivity contribution in [1.82, 2.24) is 10.6 Å². The monoisotopic (exact) mass is 318 g/mol. The predicted octanol–water partition coefficient (Wildman–Crippen LogP) is 2.51. The molecule has 0 radical (unpaired) electrons. The zero-order valence-electron chi connectivity index (χ0n) is 14.4. The first-order valence-corrected chi connectivity index (χ1v) is 8.52. The van der Waals surface area contributed by atoms with Crippen molar-refractivity contribution >= 4 is 0 Å². The lowest BCUT2D eigenvalue weighted by atomic mass is 10.2. The largest absolute Gasteiger partial charge is 0.309 e. The standard InChI is InChI=1S/2C8H17NO2/c2*1-6(2)9-8(5-11-10)7-3-4-7/h2*6-10H,3-5H2,1-2H3. The fourth-order valence-corrected chi connectivity index (χ4v) is 2.65. The Balaban J connectivity index is 0.000000220. The van der Waals surface area contributed by atoms with Gasteiger partial charge in [-0.3, -0.25) is 10.5 Å². The lowest BCUT2D eigenvalue weighted by Crippen LogP contribution is -2.39. The van der Waals surface area contributed by atoms with E-state index in [9.17, 15) is 0 Å². The number of nitrogens with one attached hydrogen (secondary N) is 2. The molecule has 22 heavy (non-hydrogen) atoms. The summed E-state index contributed by atoms with van der Waals surface area (Å²) in [5.74, 6) is 1.45. The van der Waals surface area contributed by atoms with E-state index in [1.54, 1.807) is 0 Å². The zero-order chi connectivity index (χ0) is 16.5. The molecule has 0 amide bonds. The second kappa shape index (κ2) is 10.5. The van der Waals surface area contributed by atoms with Crippen molar-refractivity contribution in [2.24, 2.45) is 11.8 Å². The van der Waals surface area contributed by atoms with E-state index >= 15 is 0 Å². The quantitative estimate of drug-likeness (QED) is 0.366. The Morgan fingerprint density at radius 3 is 1.27 bits per heavy atom. The summed E-state index contributed by atoms with van der Waals surface area (Å²) in [4.78, 5) is 8.29. The molecule has 132 valence electrons. The Bertz CT molecular complexity index is 253. The normalized spacial score (nSPS) is 20.7. The van der Waals surface area contributed by atoms with Crippen LogP contribution in [-0.2, 0) is 9.78 Å². The molecule has 0 aromatic heterocycles. The van der Waals surface area contributed by atoms with Crippen LogP contribution in [-0.4, -0.2) is 47.9 Å². The van der Waals surface area contributed by atoms with Gasteiger partial charge < -0.3 is 10.6 Å². The summed E-state index contributed by atoms with van der Waals surface area (Å²) >= 11 is 0. The van der Waals surface area contributed by atoms with Gasteiger partial charge in [-0.15, -0.1) is 0 Å². The van der Waals surface area contributed by atoms with Crippen molar-refractivity contribution in [3.8, 4) is 0 Å². The lowest BCUT2D eigenvalue weighted by Gasteiger charge is -2.18. The number of rotatable bonds is 10. The van der Waals surface area contributed by atoms with Gasteiger partial charge in [0.1, 0.15) is 0 Å². The van der Waals surface area contributed by atoms with Crippen molar-refractivity contribution in [1.29, 1.82) is 0 Å². The van der Waals surface area contributed by atoms with Crippen LogP contribution in [0.25, 0.3) is 0 Å². The minimum absolute atomic E-state index is 0.347. The second-order valence-corrected chi connectivity index (χ2v) is 7.12. The molecule has 4 N–H and O–H groups in total. The third kappa shape index (κ3) is 9.02. The highest BCUT2D eigenvalue weighted by molar-refractivity contribution is 4.87. The van der Waals surface area contributed by atoms with Crippen molar-refractivity contribution in [2.45, 2.75) is 77.5 Å². The van der Waals surface area contributed by atoms with E-state index < -0.39 is 0 Å². The minimum atomic E-state index is 0.347. The fraction of sp³-hybridized carbons (Fsp3) is 1.00. The first-order valence-electron chi connectivity index (χ1n) is 8.52. The molecule has 2 atom stereocenters. The first-order chi connectivity index (χ1) is 10.5. The smallest absolute Gasteiger partial charge is 0.0975 e. The molecule has 0 aromatic rings. The highest BCUT2D eigenvalue weighted by atomic mass is 17.1. The summed E-state index contributed by atoms with van der Waals surface area (Å²) in [5, 5.41) is 23.3. The molecule has 2 fully saturated rings. The van der Waals surface area contributed by atoms with E-state index in [4.69, 9.17) is 10.5 Å². The summed E-state index contributed by atoms with van der Waals surface area (Å²) in [5.41, 5.74) is 0. The van der Waals surface area contributed by atoms with E-state index in [1.807, 2.05) is 0 Å². The molecular weight excluding hydrogens is 284 g/mol. The maximum atomic E-state index is 8.29. The van der Waals surface area contributed by atoms with Crippen LogP contribution < -0.4 is 10.6 Å². The van der Waals surface area contributed by atoms with E-state index in [1.165, 1.54) is 25.7 Å². The number of hydrogen-bond donors (Lipinski definition) is 4. The highest BCUT2D eigenvalue weighted by Crippen LogP contribution is 2.33. The maximum absolute atomic E-state index is 8.29. The Morgan fingerprint density at radius 2 is 1.09 bits per heavy atom. The second-order valence-electron chi connectivity index (χ2n) is 7.12. The van der Waals surface area contributed by atoms with Crippen LogP contribution in [0.1, 0.15) is 53.4 Å². The molecular formula is C16H34N2O4. The van der Waals surface area contributed by atoms with Gasteiger partial charge in [0.15, 0.2) is 0 Å². The summed E-state index contributed by atoms with van der Waals surface area (Å²) < 4.78 is 0. The Labute approximate surface area is 134 Å². The number of hydrogen-bond acceptors (Lipinski definition) is 6. The van der Waals surface area contributed by atoms with Crippen molar-refractivity contribution < 1.29 is 20.3 Å². The van der Waals surface area contributed by atoms with Crippen molar-refractivity contribution in [2.75, 3.05) is 13.2 Å². The van der Waals surface area contributed by atoms with Gasteiger partial charge >= 0.3 is 0 Å². The molecule has 2 aliphatic rings. The van der Waals surface area contributed by atoms with Crippen LogP contribution in [0.15, 0.2) is 0 Å². The summed E-state index contributed by atoms with van der Waals surface area (Å²) in [6.07, 6.45) is 5.09. The van der Waals surface area contributed by atoms with Crippen LogP contribution in [0.4, 0.5) is 0 Å². The maximum Gasteiger partial charge on any atom is 0.0975 e. The molecule has 6 nitrogen and oxygen atoms in total. The SMILES string of the molecule is CC(C)NC(COO)C1CC1.CC(C)NC(COO)C1CC1. The summed E-state index contributed by atoms with van der Waals surface area (Å²) in [7, 11) is 0. The molecule has 6 heteroatoms. The Kier molecular flexibility index (Phi) is 9.47. The molecule has 0 saturated heterocycles. The molecule has 0 aliphatic heterocycles. The van der Waals surface area contributed by atoms with E-state index in [0.29, 0.717) is 37.4 Å². The average molecular weight is 318 g/mol. The fourth-order valence-electron chi connectivity index (χ4n) is 2.65. The molecule has 2 aliphatic carbocycles. The van der Waals surface area contributed by atoms with Crippen LogP contribution in [0, 0.1) is 11.8 Å². The van der Waals surface area contributed by atoms with Crippen LogP contribution in [0.3, 0.4) is 0 Å². The van der Waals surface area contributed by atoms with Crippen molar-refractivity contribution in [3.05, 3.63) is 0 Å². The third-order valence-corrected chi connectivity index (χ3v) is 3.99. The topological polar surface area (TPSA) is 83.0 Å². The van der Waals surface area contributed by atoms with Gasteiger partial charge in [-0.05, 0) is 37.5 Å². The van der Waals surface area contributed by atoms with E-state index in [-0.39, 0.29) is 0 Å². The van der Waals surface area contributed by atoms with Gasteiger partial charge in [0.25, 0.3) is 0 Å². The molecule has 2 unspecified atom stereocenters. The van der Waals surface area contributed by atoms with Gasteiger partial charge in [0, 0.05) is 24.2 Å². The minimum Gasteiger partial charge on any atom is -0.309 e. The molecule has 0 aromatic carbocycles. The first kappa shape index (κ1) is 19.8. The molecule has 0 spiro atoms. The molecule has 2 saturated carbocycles. The molecule has 2 rings (SSSR count). The van der Waals surface area contributed by atoms with E-state index in [2.05, 4.69) is 48.1 Å². The van der Waals surface area contributed by atoms with Crippen LogP contribution in [0.5, 0.6) is 0 Å². The molecule has 0 bridgehead atoms. The summed E-state index contributed by atoms with van der Waals surface area (Å²) in [6.45, 7) is 9.25. The summed E-state index contributed by atoms with van der Waals surface area (Å²) in [6, 6.07) is 1.63. The van der Waals surface area contributed by atoms with Crippen LogP contribution >= 0.6 is 0 Å². The Morgan fingerprint density at radius 1 is 0.773 bits per heavy atom. The zero-order valence-corrected chi connectivity index (χ0v) is 14.4. The van der Waals surface area contributed by atoms with Gasteiger partial charge in [-0.25, -0.2) is 9.78 Å². The van der Waals surface area contributed by atoms with Gasteiger partial charge in [0.2, 0.25) is 0 Å². The average Bonchev–Trinajstić information content (AvgIpc) is 3.29. The predicted molar refractivity (Wildman–Crippen MR) is 86.7 cm³/mol.